The van der Waals surface area contributed by atoms with E-state index in [9.17, 15) is 23.1 Å². The van der Waals surface area contributed by atoms with Gasteiger partial charge in [-0.15, -0.1) is 0 Å². The number of alkyl halides is 2. The molecule has 0 aliphatic rings. The van der Waals surface area contributed by atoms with Gasteiger partial charge in [0.25, 0.3) is 12.3 Å². The van der Waals surface area contributed by atoms with E-state index in [1.54, 1.807) is 6.92 Å². The Kier molecular flexibility index (Phi) is 5.69. The molecule has 3 aromatic rings. The van der Waals surface area contributed by atoms with E-state index < -0.39 is 24.3 Å². The minimum atomic E-state index is -3.05. The Balaban J connectivity index is 1.91. The molecule has 0 bridgehead atoms. The van der Waals surface area contributed by atoms with Gasteiger partial charge in [0.05, 0.1) is 18.4 Å². The third-order valence-corrected chi connectivity index (χ3v) is 3.79. The Bertz CT molecular complexity index is 976. The summed E-state index contributed by atoms with van der Waals surface area (Å²) in [7, 11) is 0. The molecule has 28 heavy (non-hydrogen) atoms. The number of aryl methyl sites for hydroxylation is 1. The second-order valence-corrected chi connectivity index (χ2v) is 5.90. The summed E-state index contributed by atoms with van der Waals surface area (Å²) in [6.07, 6.45) is -4.18. The highest BCUT2D eigenvalue weighted by atomic mass is 19.3. The topological polar surface area (TPSA) is 101 Å². The normalized spacial score (nSPS) is 12.2. The average molecular weight is 392 g/mol. The molecule has 146 valence electrons. The molecule has 2 aromatic heterocycles. The predicted octanol–water partition coefficient (Wildman–Crippen LogP) is 2.81. The number of carbonyl (C=O) groups is 1. The summed E-state index contributed by atoms with van der Waals surface area (Å²) in [5.41, 5.74) is 0.370. The van der Waals surface area contributed by atoms with Gasteiger partial charge in [0.1, 0.15) is 11.9 Å². The minimum Gasteiger partial charge on any atom is -0.382 e. The predicted molar refractivity (Wildman–Crippen MR) is 90.8 cm³/mol. The smallest absolute Gasteiger partial charge is 0.268 e. The van der Waals surface area contributed by atoms with E-state index in [0.29, 0.717) is 5.82 Å². The number of amides is 1. The molecule has 10 heteroatoms. The van der Waals surface area contributed by atoms with Crippen LogP contribution in [0.1, 0.15) is 33.7 Å². The number of carbonyl (C=O) groups excluding carboxylic acids is 1. The standard InChI is InChI=1S/C18H15F3N4O3/c1-9-24-15(28-25-9)8-23-18(27)12-5-10(14-3-2-13(19)7-22-14)4-11(6-12)16(26)17(20)21/h2-7,16-17,26H,8H2,1H3,(H,23,27). The van der Waals surface area contributed by atoms with Gasteiger partial charge < -0.3 is 14.9 Å². The maximum Gasteiger partial charge on any atom is 0.268 e. The number of nitrogens with one attached hydrogen (secondary N) is 1. The molecular formula is C18H15F3N4O3. The first-order chi connectivity index (χ1) is 13.3. The van der Waals surface area contributed by atoms with Crippen LogP contribution in [0.4, 0.5) is 13.2 Å². The maximum absolute atomic E-state index is 13.1. The number of benzene rings is 1. The van der Waals surface area contributed by atoms with Gasteiger partial charge in [0, 0.05) is 11.1 Å². The van der Waals surface area contributed by atoms with Crippen molar-refractivity contribution in [3.63, 3.8) is 0 Å². The summed E-state index contributed by atoms with van der Waals surface area (Å²) in [4.78, 5) is 20.3. The van der Waals surface area contributed by atoms with Crippen LogP contribution in [0.5, 0.6) is 0 Å². The summed E-state index contributed by atoms with van der Waals surface area (Å²) in [5, 5.41) is 15.9. The second-order valence-electron chi connectivity index (χ2n) is 5.90. The van der Waals surface area contributed by atoms with Gasteiger partial charge in [-0.2, -0.15) is 4.98 Å². The molecule has 2 N–H and O–H groups in total. The van der Waals surface area contributed by atoms with Crippen molar-refractivity contribution < 1.29 is 27.6 Å². The van der Waals surface area contributed by atoms with Gasteiger partial charge in [-0.05, 0) is 42.8 Å². The summed E-state index contributed by atoms with van der Waals surface area (Å²) < 4.78 is 43.9. The van der Waals surface area contributed by atoms with Crippen LogP contribution < -0.4 is 5.32 Å². The molecule has 0 spiro atoms. The minimum absolute atomic E-state index is 0.00885. The van der Waals surface area contributed by atoms with Gasteiger partial charge in [-0.25, -0.2) is 13.2 Å². The van der Waals surface area contributed by atoms with Crippen molar-refractivity contribution in [1.29, 1.82) is 0 Å². The van der Waals surface area contributed by atoms with E-state index in [4.69, 9.17) is 4.52 Å². The van der Waals surface area contributed by atoms with Gasteiger partial charge in [0.2, 0.25) is 5.89 Å². The third-order valence-electron chi connectivity index (χ3n) is 3.79. The van der Waals surface area contributed by atoms with Crippen molar-refractivity contribution in [3.8, 4) is 11.3 Å². The fourth-order valence-corrected chi connectivity index (χ4v) is 2.46. The first-order valence-electron chi connectivity index (χ1n) is 8.14. The number of aromatic nitrogens is 3. The molecular weight excluding hydrogens is 377 g/mol. The van der Waals surface area contributed by atoms with Crippen LogP contribution in [0.25, 0.3) is 11.3 Å². The van der Waals surface area contributed by atoms with Crippen LogP contribution in [0.2, 0.25) is 0 Å². The molecule has 0 saturated heterocycles. The van der Waals surface area contributed by atoms with Crippen molar-refractivity contribution in [2.24, 2.45) is 0 Å². The highest BCUT2D eigenvalue weighted by Gasteiger charge is 2.22. The molecule has 7 nitrogen and oxygen atoms in total. The lowest BCUT2D eigenvalue weighted by Crippen LogP contribution is -2.23. The number of nitrogens with zero attached hydrogens (tertiary/aromatic N) is 3. The highest BCUT2D eigenvalue weighted by molar-refractivity contribution is 5.95. The molecule has 0 radical (unpaired) electrons. The maximum atomic E-state index is 13.1. The molecule has 0 aliphatic heterocycles. The fourth-order valence-electron chi connectivity index (χ4n) is 2.46. The van der Waals surface area contributed by atoms with E-state index in [2.05, 4.69) is 20.4 Å². The Labute approximate surface area is 157 Å². The number of aliphatic hydroxyl groups excluding tert-OH is 1. The summed E-state index contributed by atoms with van der Waals surface area (Å²) in [5.74, 6) is -0.603. The van der Waals surface area contributed by atoms with Crippen LogP contribution in [0.15, 0.2) is 41.1 Å². The van der Waals surface area contributed by atoms with Gasteiger partial charge in [-0.1, -0.05) is 5.16 Å². The van der Waals surface area contributed by atoms with E-state index in [-0.39, 0.29) is 34.8 Å². The molecule has 2 heterocycles. The molecule has 1 atom stereocenters. The van der Waals surface area contributed by atoms with Crippen LogP contribution >= 0.6 is 0 Å². The quantitative estimate of drug-likeness (QED) is 0.669. The first kappa shape index (κ1) is 19.5. The molecule has 0 fully saturated rings. The fraction of sp³-hybridized carbons (Fsp3) is 0.222. The molecule has 1 aromatic carbocycles. The van der Waals surface area contributed by atoms with Crippen molar-refractivity contribution in [3.05, 3.63) is 65.2 Å². The van der Waals surface area contributed by atoms with E-state index >= 15 is 0 Å². The van der Waals surface area contributed by atoms with Crippen molar-refractivity contribution in [2.75, 3.05) is 0 Å². The largest absolute Gasteiger partial charge is 0.382 e. The van der Waals surface area contributed by atoms with Gasteiger partial charge in [-0.3, -0.25) is 9.78 Å². The number of halogens is 3. The number of aliphatic hydroxyl groups is 1. The van der Waals surface area contributed by atoms with Crippen LogP contribution in [0.3, 0.4) is 0 Å². The third kappa shape index (κ3) is 4.52. The Morgan fingerprint density at radius 3 is 2.68 bits per heavy atom. The van der Waals surface area contributed by atoms with Crippen LogP contribution in [-0.2, 0) is 6.54 Å². The van der Waals surface area contributed by atoms with Crippen LogP contribution in [-0.4, -0.2) is 32.6 Å². The van der Waals surface area contributed by atoms with Crippen LogP contribution in [0, 0.1) is 12.7 Å². The SMILES string of the molecule is Cc1noc(CNC(=O)c2cc(-c3ccc(F)cn3)cc(C(O)C(F)F)c2)n1. The van der Waals surface area contributed by atoms with E-state index in [1.165, 1.54) is 18.2 Å². The molecule has 3 rings (SSSR count). The molecule has 0 saturated carbocycles. The summed E-state index contributed by atoms with van der Waals surface area (Å²) in [6, 6.07) is 6.31. The Hall–Kier alpha value is -3.27. The lowest BCUT2D eigenvalue weighted by Gasteiger charge is -2.14. The zero-order valence-corrected chi connectivity index (χ0v) is 14.6. The van der Waals surface area contributed by atoms with Crippen molar-refractivity contribution in [1.82, 2.24) is 20.4 Å². The highest BCUT2D eigenvalue weighted by Crippen LogP contribution is 2.27. The molecule has 0 aliphatic carbocycles. The zero-order valence-electron chi connectivity index (χ0n) is 14.6. The van der Waals surface area contributed by atoms with Gasteiger partial charge in [0.15, 0.2) is 5.82 Å². The number of hydrogen-bond acceptors (Lipinski definition) is 6. The summed E-state index contributed by atoms with van der Waals surface area (Å²) in [6.45, 7) is 1.55. The number of hydrogen-bond donors (Lipinski definition) is 2. The first-order valence-corrected chi connectivity index (χ1v) is 8.14. The lowest BCUT2D eigenvalue weighted by atomic mass is 9.99. The van der Waals surface area contributed by atoms with Gasteiger partial charge >= 0.3 is 0 Å². The number of rotatable bonds is 6. The average Bonchev–Trinajstić information content (AvgIpc) is 3.10. The monoisotopic (exact) mass is 392 g/mol. The number of pyridine rings is 1. The van der Waals surface area contributed by atoms with Crippen molar-refractivity contribution in [2.45, 2.75) is 26.0 Å². The van der Waals surface area contributed by atoms with E-state index in [1.807, 2.05) is 0 Å². The van der Waals surface area contributed by atoms with E-state index in [0.717, 1.165) is 18.3 Å². The molecule has 1 amide bonds. The summed E-state index contributed by atoms with van der Waals surface area (Å²) >= 11 is 0. The second kappa shape index (κ2) is 8.17. The lowest BCUT2D eigenvalue weighted by molar-refractivity contribution is -0.00579. The Morgan fingerprint density at radius 1 is 1.29 bits per heavy atom. The van der Waals surface area contributed by atoms with Crippen molar-refractivity contribution >= 4 is 5.91 Å². The Morgan fingerprint density at radius 2 is 2.07 bits per heavy atom. The molecule has 1 unspecified atom stereocenters. The zero-order chi connectivity index (χ0) is 20.3.